The molecule has 1 aliphatic rings. The van der Waals surface area contributed by atoms with E-state index >= 15 is 0 Å². The molecular weight excluding hydrogens is 428 g/mol. The average Bonchev–Trinajstić information content (AvgIpc) is 3.13. The number of hydrogen-bond donors (Lipinski definition) is 2. The molecule has 2 aromatic heterocycles. The van der Waals surface area contributed by atoms with Crippen molar-refractivity contribution >= 4 is 62.4 Å². The van der Waals surface area contributed by atoms with E-state index in [-0.39, 0.29) is 19.0 Å². The lowest BCUT2D eigenvalue weighted by atomic mass is 10.1. The molecule has 0 unspecified atom stereocenters. The van der Waals surface area contributed by atoms with Crippen LogP contribution >= 0.6 is 22.9 Å². The number of amides is 3. The molecule has 3 aromatic rings. The first-order valence-corrected chi connectivity index (χ1v) is 10.2. The van der Waals surface area contributed by atoms with Gasteiger partial charge in [-0.25, -0.2) is 9.97 Å². The number of aromatic nitrogens is 2. The fraction of sp³-hybridized carbons (Fsp3) is 0.211. The van der Waals surface area contributed by atoms with Crippen LogP contribution in [0, 0.1) is 0 Å². The molecule has 1 aliphatic heterocycles. The van der Waals surface area contributed by atoms with E-state index in [1.54, 1.807) is 17.0 Å². The van der Waals surface area contributed by atoms with Crippen molar-refractivity contribution < 1.29 is 14.4 Å². The van der Waals surface area contributed by atoms with Crippen molar-refractivity contribution in [2.75, 3.05) is 30.7 Å². The fourth-order valence-electron chi connectivity index (χ4n) is 3.18. The Bertz CT molecular complexity index is 1150. The lowest BCUT2D eigenvalue weighted by Crippen LogP contribution is -2.54. The number of piperazine rings is 1. The van der Waals surface area contributed by atoms with Crippen LogP contribution in [0.25, 0.3) is 10.9 Å². The smallest absolute Gasteiger partial charge is 0.314 e. The molecule has 4 rings (SSSR count). The van der Waals surface area contributed by atoms with Gasteiger partial charge in [0.15, 0.2) is 0 Å². The Labute approximate surface area is 180 Å². The van der Waals surface area contributed by atoms with Gasteiger partial charge in [-0.05, 0) is 29.8 Å². The van der Waals surface area contributed by atoms with Crippen LogP contribution in [-0.2, 0) is 20.9 Å². The Balaban J connectivity index is 1.37. The standard InChI is InChI=1S/C19H17ClN6O3S/c20-14-3-4-15(30-14)24-18(28)19(29)26-6-5-25(16(27)9-26)8-11-1-2-12-13(7-11)22-10-23-17(12)21/h1-4,7,10H,5-6,8-9H2,(H,24,28)(H2,21,22,23). The van der Waals surface area contributed by atoms with Gasteiger partial charge >= 0.3 is 11.8 Å². The van der Waals surface area contributed by atoms with Crippen LogP contribution in [0.3, 0.4) is 0 Å². The maximum Gasteiger partial charge on any atom is 0.314 e. The van der Waals surface area contributed by atoms with E-state index in [0.717, 1.165) is 22.3 Å². The second-order valence-electron chi connectivity index (χ2n) is 6.71. The van der Waals surface area contributed by atoms with Gasteiger partial charge in [-0.3, -0.25) is 14.4 Å². The molecule has 0 radical (unpaired) electrons. The van der Waals surface area contributed by atoms with E-state index in [0.29, 0.717) is 33.8 Å². The highest BCUT2D eigenvalue weighted by molar-refractivity contribution is 7.20. The lowest BCUT2D eigenvalue weighted by Gasteiger charge is -2.34. The Kier molecular flexibility index (Phi) is 5.51. The van der Waals surface area contributed by atoms with Crippen molar-refractivity contribution in [2.45, 2.75) is 6.54 Å². The van der Waals surface area contributed by atoms with Crippen LogP contribution in [0.4, 0.5) is 10.8 Å². The van der Waals surface area contributed by atoms with E-state index in [1.807, 2.05) is 18.2 Å². The van der Waals surface area contributed by atoms with Crippen LogP contribution in [-0.4, -0.2) is 57.1 Å². The molecule has 9 nitrogen and oxygen atoms in total. The van der Waals surface area contributed by atoms with Gasteiger partial charge in [-0.1, -0.05) is 17.7 Å². The van der Waals surface area contributed by atoms with Gasteiger partial charge in [-0.2, -0.15) is 0 Å². The zero-order valence-corrected chi connectivity index (χ0v) is 17.2. The molecule has 11 heteroatoms. The molecule has 30 heavy (non-hydrogen) atoms. The Morgan fingerprint density at radius 2 is 2.03 bits per heavy atom. The topological polar surface area (TPSA) is 122 Å². The van der Waals surface area contributed by atoms with E-state index < -0.39 is 11.8 Å². The highest BCUT2D eigenvalue weighted by Gasteiger charge is 2.30. The largest absolute Gasteiger partial charge is 0.383 e. The van der Waals surface area contributed by atoms with E-state index in [2.05, 4.69) is 15.3 Å². The number of thiophene rings is 1. The summed E-state index contributed by atoms with van der Waals surface area (Å²) in [5, 5.41) is 3.73. The van der Waals surface area contributed by atoms with Gasteiger partial charge in [0.2, 0.25) is 5.91 Å². The van der Waals surface area contributed by atoms with Crippen molar-refractivity contribution in [2.24, 2.45) is 0 Å². The molecule has 0 atom stereocenters. The zero-order chi connectivity index (χ0) is 21.3. The van der Waals surface area contributed by atoms with Crippen LogP contribution in [0.15, 0.2) is 36.7 Å². The molecule has 0 saturated carbocycles. The first-order valence-electron chi connectivity index (χ1n) is 9.03. The Hall–Kier alpha value is -3.24. The number of carbonyl (C=O) groups is 3. The molecule has 3 amide bonds. The summed E-state index contributed by atoms with van der Waals surface area (Å²) in [4.78, 5) is 48.2. The van der Waals surface area contributed by atoms with Crippen molar-refractivity contribution in [3.8, 4) is 0 Å². The highest BCUT2D eigenvalue weighted by atomic mass is 35.5. The van der Waals surface area contributed by atoms with Crippen molar-refractivity contribution in [3.63, 3.8) is 0 Å². The number of nitrogen functional groups attached to an aromatic ring is 1. The van der Waals surface area contributed by atoms with Crippen LogP contribution < -0.4 is 11.1 Å². The summed E-state index contributed by atoms with van der Waals surface area (Å²) < 4.78 is 0.504. The SMILES string of the molecule is Nc1ncnc2cc(CN3CCN(C(=O)C(=O)Nc4ccc(Cl)s4)CC3=O)ccc12. The predicted molar refractivity (Wildman–Crippen MR) is 114 cm³/mol. The summed E-state index contributed by atoms with van der Waals surface area (Å²) in [6.45, 7) is 0.819. The van der Waals surface area contributed by atoms with Gasteiger partial charge < -0.3 is 20.9 Å². The number of nitrogens with two attached hydrogens (primary N) is 1. The van der Waals surface area contributed by atoms with Gasteiger partial charge in [0, 0.05) is 25.0 Å². The number of fused-ring (bicyclic) bond motifs is 1. The third kappa shape index (κ3) is 4.19. The van der Waals surface area contributed by atoms with Crippen LogP contribution in [0.5, 0.6) is 0 Å². The summed E-state index contributed by atoms with van der Waals surface area (Å²) >= 11 is 6.98. The number of anilines is 2. The maximum atomic E-state index is 12.6. The number of halogens is 1. The van der Waals surface area contributed by atoms with E-state index in [9.17, 15) is 14.4 Å². The van der Waals surface area contributed by atoms with Crippen molar-refractivity contribution in [1.29, 1.82) is 0 Å². The molecule has 1 fully saturated rings. The maximum absolute atomic E-state index is 12.6. The zero-order valence-electron chi connectivity index (χ0n) is 15.7. The lowest BCUT2D eigenvalue weighted by molar-refractivity contribution is -0.150. The average molecular weight is 445 g/mol. The number of rotatable bonds is 3. The Morgan fingerprint density at radius 3 is 2.77 bits per heavy atom. The summed E-state index contributed by atoms with van der Waals surface area (Å²) in [6, 6.07) is 8.79. The summed E-state index contributed by atoms with van der Waals surface area (Å²) in [5.74, 6) is -1.37. The number of nitrogens with zero attached hydrogens (tertiary/aromatic N) is 4. The first-order chi connectivity index (χ1) is 14.4. The highest BCUT2D eigenvalue weighted by Crippen LogP contribution is 2.26. The monoisotopic (exact) mass is 444 g/mol. The minimum absolute atomic E-state index is 0.153. The minimum Gasteiger partial charge on any atom is -0.383 e. The van der Waals surface area contributed by atoms with E-state index in [4.69, 9.17) is 17.3 Å². The van der Waals surface area contributed by atoms with Gasteiger partial charge in [0.05, 0.1) is 14.9 Å². The third-order valence-electron chi connectivity index (χ3n) is 4.72. The molecule has 1 saturated heterocycles. The summed E-state index contributed by atoms with van der Waals surface area (Å²) in [6.07, 6.45) is 1.40. The Morgan fingerprint density at radius 1 is 1.20 bits per heavy atom. The molecule has 3 heterocycles. The normalized spacial score (nSPS) is 14.2. The number of carbonyl (C=O) groups excluding carboxylic acids is 3. The second kappa shape index (κ2) is 8.25. The quantitative estimate of drug-likeness (QED) is 0.593. The van der Waals surface area contributed by atoms with Gasteiger partial charge in [-0.15, -0.1) is 11.3 Å². The first kappa shape index (κ1) is 20.0. The van der Waals surface area contributed by atoms with Gasteiger partial charge in [0.25, 0.3) is 0 Å². The fourth-order valence-corrected chi connectivity index (χ4v) is 4.12. The molecule has 0 aliphatic carbocycles. The van der Waals surface area contributed by atoms with Crippen molar-refractivity contribution in [1.82, 2.24) is 19.8 Å². The molecule has 3 N–H and O–H groups in total. The molecule has 154 valence electrons. The summed E-state index contributed by atoms with van der Waals surface area (Å²) in [5.41, 5.74) is 7.43. The second-order valence-corrected chi connectivity index (χ2v) is 8.43. The molecule has 1 aromatic carbocycles. The molecular formula is C19H17ClN6O3S. The number of benzene rings is 1. The molecule has 0 spiro atoms. The number of hydrogen-bond acceptors (Lipinski definition) is 7. The number of nitrogens with one attached hydrogen (secondary N) is 1. The van der Waals surface area contributed by atoms with Crippen LogP contribution in [0.2, 0.25) is 4.34 Å². The van der Waals surface area contributed by atoms with Gasteiger partial charge in [0.1, 0.15) is 18.7 Å². The predicted octanol–water partition coefficient (Wildman–Crippen LogP) is 1.74. The van der Waals surface area contributed by atoms with Crippen molar-refractivity contribution in [3.05, 3.63) is 46.6 Å². The third-order valence-corrected chi connectivity index (χ3v) is 5.86. The minimum atomic E-state index is -0.790. The van der Waals surface area contributed by atoms with E-state index in [1.165, 1.54) is 11.2 Å². The summed E-state index contributed by atoms with van der Waals surface area (Å²) in [7, 11) is 0. The molecule has 0 bridgehead atoms. The van der Waals surface area contributed by atoms with Crippen LogP contribution in [0.1, 0.15) is 5.56 Å².